The molecule has 0 aromatic heterocycles. The van der Waals surface area contributed by atoms with Crippen LogP contribution in [0.4, 0.5) is 5.69 Å². The van der Waals surface area contributed by atoms with Crippen molar-refractivity contribution in [3.8, 4) is 5.75 Å². The molecule has 0 bridgehead atoms. The lowest BCUT2D eigenvalue weighted by atomic mass is 10.1. The van der Waals surface area contributed by atoms with E-state index in [1.807, 2.05) is 0 Å². The highest BCUT2D eigenvalue weighted by Crippen LogP contribution is 2.24. The van der Waals surface area contributed by atoms with Crippen molar-refractivity contribution < 1.29 is 19.8 Å². The lowest BCUT2D eigenvalue weighted by molar-refractivity contribution is -0.131. The average Bonchev–Trinajstić information content (AvgIpc) is 2.29. The number of hydrogen-bond donors (Lipinski definition) is 3. The van der Waals surface area contributed by atoms with Crippen LogP contribution in [-0.2, 0) is 9.59 Å². The monoisotopic (exact) mass is 255 g/mol. The van der Waals surface area contributed by atoms with Crippen LogP contribution in [0, 0.1) is 0 Å². The molecular formula is C11H10ClNO4. The van der Waals surface area contributed by atoms with Crippen molar-refractivity contribution in [2.75, 3.05) is 11.2 Å². The molecule has 3 N–H and O–H groups in total. The number of hydrogen-bond acceptors (Lipinski definition) is 3. The van der Waals surface area contributed by atoms with E-state index in [0.29, 0.717) is 5.56 Å². The minimum absolute atomic E-state index is 0.156. The number of amides is 1. The van der Waals surface area contributed by atoms with E-state index in [-0.39, 0.29) is 17.3 Å². The topological polar surface area (TPSA) is 86.6 Å². The predicted octanol–water partition coefficient (Wildman–Crippen LogP) is 1.67. The molecule has 1 rings (SSSR count). The van der Waals surface area contributed by atoms with Crippen LogP contribution < -0.4 is 5.32 Å². The van der Waals surface area contributed by atoms with E-state index in [9.17, 15) is 14.7 Å². The number of benzene rings is 1. The first-order valence-corrected chi connectivity index (χ1v) is 5.16. The molecule has 17 heavy (non-hydrogen) atoms. The summed E-state index contributed by atoms with van der Waals surface area (Å²) in [5.74, 6) is -1.88. The lowest BCUT2D eigenvalue weighted by Gasteiger charge is -2.06. The molecule has 90 valence electrons. The molecule has 0 aliphatic rings. The summed E-state index contributed by atoms with van der Waals surface area (Å²) < 4.78 is 0. The first-order valence-electron chi connectivity index (χ1n) is 4.62. The summed E-state index contributed by atoms with van der Waals surface area (Å²) >= 11 is 5.30. The number of phenolic OH excluding ortho intramolecular Hbond substituents is 1. The fourth-order valence-corrected chi connectivity index (χ4v) is 1.18. The van der Waals surface area contributed by atoms with Crippen molar-refractivity contribution in [1.29, 1.82) is 0 Å². The van der Waals surface area contributed by atoms with Gasteiger partial charge < -0.3 is 15.5 Å². The summed E-state index contributed by atoms with van der Waals surface area (Å²) in [6.45, 7) is 0. The molecule has 0 radical (unpaired) electrons. The Bertz CT molecular complexity index is 471. The SMILES string of the molecule is O=C(O)/C=C/c1ccc(NC(=O)CCl)c(O)c1. The highest BCUT2D eigenvalue weighted by molar-refractivity contribution is 6.29. The number of rotatable bonds is 4. The molecule has 0 spiro atoms. The molecule has 0 saturated heterocycles. The second-order valence-corrected chi connectivity index (χ2v) is 3.40. The largest absolute Gasteiger partial charge is 0.506 e. The van der Waals surface area contributed by atoms with Crippen molar-refractivity contribution in [1.82, 2.24) is 0 Å². The number of nitrogens with one attached hydrogen (secondary N) is 1. The zero-order valence-corrected chi connectivity index (χ0v) is 9.44. The van der Waals surface area contributed by atoms with Gasteiger partial charge in [0.15, 0.2) is 0 Å². The molecule has 6 heteroatoms. The van der Waals surface area contributed by atoms with Gasteiger partial charge in [0.05, 0.1) is 5.69 Å². The number of phenols is 1. The molecule has 5 nitrogen and oxygen atoms in total. The maximum Gasteiger partial charge on any atom is 0.328 e. The molecule has 0 aliphatic carbocycles. The third kappa shape index (κ3) is 4.16. The third-order valence-electron chi connectivity index (χ3n) is 1.84. The molecule has 1 amide bonds. The van der Waals surface area contributed by atoms with Crippen molar-refractivity contribution >= 4 is 35.2 Å². The predicted molar refractivity (Wildman–Crippen MR) is 64.1 cm³/mol. The number of aromatic hydroxyl groups is 1. The molecular weight excluding hydrogens is 246 g/mol. The Morgan fingerprint density at radius 1 is 1.41 bits per heavy atom. The van der Waals surface area contributed by atoms with Crippen molar-refractivity contribution in [2.45, 2.75) is 0 Å². The van der Waals surface area contributed by atoms with Gasteiger partial charge in [-0.2, -0.15) is 0 Å². The van der Waals surface area contributed by atoms with Crippen LogP contribution in [0.15, 0.2) is 24.3 Å². The molecule has 0 fully saturated rings. The summed E-state index contributed by atoms with van der Waals surface area (Å²) in [7, 11) is 0. The van der Waals surface area contributed by atoms with E-state index in [0.717, 1.165) is 6.08 Å². The number of halogens is 1. The van der Waals surface area contributed by atoms with E-state index >= 15 is 0 Å². The van der Waals surface area contributed by atoms with Gasteiger partial charge in [-0.25, -0.2) is 4.79 Å². The van der Waals surface area contributed by atoms with Gasteiger partial charge in [-0.05, 0) is 23.8 Å². The first kappa shape index (κ1) is 13.1. The minimum Gasteiger partial charge on any atom is -0.506 e. The molecule has 1 aromatic carbocycles. The zero-order chi connectivity index (χ0) is 12.8. The summed E-state index contributed by atoms with van der Waals surface area (Å²) in [4.78, 5) is 21.3. The van der Waals surface area contributed by atoms with Crippen LogP contribution in [0.2, 0.25) is 0 Å². The fourth-order valence-electron chi connectivity index (χ4n) is 1.11. The molecule has 0 saturated carbocycles. The lowest BCUT2D eigenvalue weighted by Crippen LogP contribution is -2.12. The van der Waals surface area contributed by atoms with Crippen LogP contribution in [-0.4, -0.2) is 28.0 Å². The molecule has 0 unspecified atom stereocenters. The van der Waals surface area contributed by atoms with Crippen LogP contribution >= 0.6 is 11.6 Å². The second-order valence-electron chi connectivity index (χ2n) is 3.13. The average molecular weight is 256 g/mol. The van der Waals surface area contributed by atoms with Crippen molar-refractivity contribution in [3.05, 3.63) is 29.8 Å². The van der Waals surface area contributed by atoms with Gasteiger partial charge in [-0.1, -0.05) is 6.07 Å². The normalized spacial score (nSPS) is 10.4. The number of carboxylic acid groups (broad SMARTS) is 1. The van der Waals surface area contributed by atoms with Gasteiger partial charge in [0.25, 0.3) is 0 Å². The van der Waals surface area contributed by atoms with Crippen LogP contribution in [0.1, 0.15) is 5.56 Å². The number of carboxylic acids is 1. The number of alkyl halides is 1. The Hall–Kier alpha value is -2.01. The van der Waals surface area contributed by atoms with Gasteiger partial charge in [0.2, 0.25) is 5.91 Å². The van der Waals surface area contributed by atoms with E-state index in [1.165, 1.54) is 18.2 Å². The number of carbonyl (C=O) groups is 2. The fraction of sp³-hybridized carbons (Fsp3) is 0.0909. The van der Waals surface area contributed by atoms with Crippen LogP contribution in [0.3, 0.4) is 0 Å². The zero-order valence-electron chi connectivity index (χ0n) is 8.68. The van der Waals surface area contributed by atoms with Gasteiger partial charge in [-0.15, -0.1) is 11.6 Å². The minimum atomic E-state index is -1.08. The quantitative estimate of drug-likeness (QED) is 0.434. The van der Waals surface area contributed by atoms with Crippen LogP contribution in [0.25, 0.3) is 6.08 Å². The molecule has 1 aromatic rings. The highest BCUT2D eigenvalue weighted by Gasteiger charge is 2.05. The maximum absolute atomic E-state index is 11.0. The smallest absolute Gasteiger partial charge is 0.328 e. The van der Waals surface area contributed by atoms with Crippen molar-refractivity contribution in [3.63, 3.8) is 0 Å². The van der Waals surface area contributed by atoms with E-state index in [2.05, 4.69) is 5.32 Å². The van der Waals surface area contributed by atoms with Gasteiger partial charge >= 0.3 is 5.97 Å². The summed E-state index contributed by atoms with van der Waals surface area (Å²) in [6, 6.07) is 4.35. The van der Waals surface area contributed by atoms with Gasteiger partial charge in [0.1, 0.15) is 11.6 Å². The van der Waals surface area contributed by atoms with Gasteiger partial charge in [-0.3, -0.25) is 4.79 Å². The standard InChI is InChI=1S/C11H10ClNO4/c12-6-10(15)13-8-3-1-7(5-9(8)14)2-4-11(16)17/h1-5,14H,6H2,(H,13,15)(H,16,17)/b4-2+. The number of anilines is 1. The Balaban J connectivity index is 2.86. The maximum atomic E-state index is 11.0. The summed E-state index contributed by atoms with van der Waals surface area (Å²) in [5, 5.41) is 20.4. The Kier molecular flexibility index (Phi) is 4.54. The second kappa shape index (κ2) is 5.91. The van der Waals surface area contributed by atoms with E-state index < -0.39 is 11.9 Å². The molecule has 0 aliphatic heterocycles. The van der Waals surface area contributed by atoms with Crippen molar-refractivity contribution in [2.24, 2.45) is 0 Å². The summed E-state index contributed by atoms with van der Waals surface area (Å²) in [6.07, 6.45) is 2.28. The van der Waals surface area contributed by atoms with E-state index in [1.54, 1.807) is 6.07 Å². The third-order valence-corrected chi connectivity index (χ3v) is 2.08. The number of carbonyl (C=O) groups excluding carboxylic acids is 1. The molecule has 0 atom stereocenters. The number of aliphatic carboxylic acids is 1. The summed E-state index contributed by atoms with van der Waals surface area (Å²) in [5.41, 5.74) is 0.733. The Morgan fingerprint density at radius 3 is 2.65 bits per heavy atom. The van der Waals surface area contributed by atoms with Gasteiger partial charge in [0, 0.05) is 6.08 Å². The highest BCUT2D eigenvalue weighted by atomic mass is 35.5. The Morgan fingerprint density at radius 2 is 2.12 bits per heavy atom. The first-order chi connectivity index (χ1) is 8.02. The Labute approximate surface area is 102 Å². The van der Waals surface area contributed by atoms with Crippen LogP contribution in [0.5, 0.6) is 5.75 Å². The van der Waals surface area contributed by atoms with E-state index in [4.69, 9.17) is 16.7 Å². The molecule has 0 heterocycles.